The Balaban J connectivity index is 1.82. The summed E-state index contributed by atoms with van der Waals surface area (Å²) in [5.74, 6) is -0.0606. The van der Waals surface area contributed by atoms with Gasteiger partial charge in [-0.1, -0.05) is 46.5 Å². The monoisotopic (exact) mass is 349 g/mol. The predicted octanol–water partition coefficient (Wildman–Crippen LogP) is 3.29. The van der Waals surface area contributed by atoms with Crippen LogP contribution >= 0.6 is 0 Å². The van der Waals surface area contributed by atoms with Crippen LogP contribution in [-0.4, -0.2) is 36.2 Å². The van der Waals surface area contributed by atoms with Crippen LogP contribution in [0.3, 0.4) is 0 Å². The molecule has 142 valence electrons. The number of unbranched alkanes of at least 4 members (excludes halogenated alkanes) is 1. The van der Waals surface area contributed by atoms with Gasteiger partial charge in [-0.15, -0.1) is 0 Å². The number of carbonyl (C=O) groups excluding carboxylic acids is 1. The van der Waals surface area contributed by atoms with Crippen LogP contribution < -0.4 is 10.6 Å². The van der Waals surface area contributed by atoms with Gasteiger partial charge in [-0.2, -0.15) is 5.26 Å². The van der Waals surface area contributed by atoms with Gasteiger partial charge in [-0.25, -0.2) is 0 Å². The van der Waals surface area contributed by atoms with E-state index in [9.17, 15) is 10.1 Å². The van der Waals surface area contributed by atoms with Crippen LogP contribution in [0.2, 0.25) is 0 Å². The van der Waals surface area contributed by atoms with E-state index in [0.29, 0.717) is 0 Å². The third-order valence-electron chi connectivity index (χ3n) is 6.12. The quantitative estimate of drug-likeness (QED) is 0.660. The Labute approximate surface area is 152 Å². The molecule has 2 rings (SSSR count). The van der Waals surface area contributed by atoms with Crippen molar-refractivity contribution in [2.45, 2.75) is 103 Å². The molecule has 0 bridgehead atoms. The molecule has 0 aliphatic heterocycles. The van der Waals surface area contributed by atoms with E-state index in [1.54, 1.807) is 0 Å². The SMILES string of the molecule is CCCCO[C@@H]1C[C@H](N[C@H](C)C(=O)NC2(C#N)CCCCC2)C1(C)C. The largest absolute Gasteiger partial charge is 0.378 e. The first-order chi connectivity index (χ1) is 11.8. The number of nitrogens with zero attached hydrogens (tertiary/aromatic N) is 1. The van der Waals surface area contributed by atoms with Crippen LogP contribution in [0, 0.1) is 16.7 Å². The standard InChI is InChI=1S/C20H35N3O2/c1-5-6-12-25-17-13-16(19(17,3)4)22-15(2)18(24)23-20(14-21)10-8-7-9-11-20/h15-17,22H,5-13H2,1-4H3,(H,23,24)/t15-,16+,17-/m1/s1. The van der Waals surface area contributed by atoms with Gasteiger partial charge in [0.1, 0.15) is 5.54 Å². The number of hydrogen-bond acceptors (Lipinski definition) is 4. The lowest BCUT2D eigenvalue weighted by atomic mass is 9.64. The third-order valence-corrected chi connectivity index (χ3v) is 6.12. The van der Waals surface area contributed by atoms with Crippen LogP contribution in [-0.2, 0) is 9.53 Å². The van der Waals surface area contributed by atoms with Crippen molar-refractivity contribution in [1.82, 2.24) is 10.6 Å². The fourth-order valence-electron chi connectivity index (χ4n) is 3.96. The molecule has 0 aromatic carbocycles. The molecule has 2 aliphatic rings. The number of carbonyl (C=O) groups is 1. The van der Waals surface area contributed by atoms with Crippen molar-refractivity contribution in [3.63, 3.8) is 0 Å². The van der Waals surface area contributed by atoms with Crippen LogP contribution in [0.5, 0.6) is 0 Å². The first kappa shape index (κ1) is 20.2. The van der Waals surface area contributed by atoms with Crippen LogP contribution in [0.1, 0.15) is 79.1 Å². The molecule has 5 heteroatoms. The van der Waals surface area contributed by atoms with E-state index < -0.39 is 5.54 Å². The van der Waals surface area contributed by atoms with Gasteiger partial charge >= 0.3 is 0 Å². The number of rotatable bonds is 8. The molecular formula is C20H35N3O2. The van der Waals surface area contributed by atoms with Gasteiger partial charge in [-0.05, 0) is 32.6 Å². The molecule has 0 aromatic rings. The predicted molar refractivity (Wildman–Crippen MR) is 99.0 cm³/mol. The molecule has 2 fully saturated rings. The molecule has 0 unspecified atom stereocenters. The maximum absolute atomic E-state index is 12.6. The summed E-state index contributed by atoms with van der Waals surface area (Å²) in [6.45, 7) is 9.28. The van der Waals surface area contributed by atoms with E-state index in [1.165, 1.54) is 0 Å². The van der Waals surface area contributed by atoms with E-state index in [-0.39, 0.29) is 29.5 Å². The van der Waals surface area contributed by atoms with Crippen molar-refractivity contribution in [3.05, 3.63) is 0 Å². The van der Waals surface area contributed by atoms with Crippen molar-refractivity contribution in [2.75, 3.05) is 6.61 Å². The van der Waals surface area contributed by atoms with Crippen molar-refractivity contribution in [2.24, 2.45) is 5.41 Å². The number of nitrogens with one attached hydrogen (secondary N) is 2. The molecule has 0 heterocycles. The summed E-state index contributed by atoms with van der Waals surface area (Å²) in [5.41, 5.74) is -0.633. The molecule has 2 N–H and O–H groups in total. The Kier molecular flexibility index (Phi) is 6.87. The van der Waals surface area contributed by atoms with E-state index in [0.717, 1.165) is 58.0 Å². The lowest BCUT2D eigenvalue weighted by Gasteiger charge is -2.52. The van der Waals surface area contributed by atoms with E-state index in [1.807, 2.05) is 6.92 Å². The molecular weight excluding hydrogens is 314 g/mol. The average Bonchev–Trinajstić information content (AvgIpc) is 2.60. The minimum absolute atomic E-state index is 0.0278. The number of hydrogen-bond donors (Lipinski definition) is 2. The van der Waals surface area contributed by atoms with Crippen LogP contribution in [0.15, 0.2) is 0 Å². The molecule has 5 nitrogen and oxygen atoms in total. The topological polar surface area (TPSA) is 74.2 Å². The summed E-state index contributed by atoms with van der Waals surface area (Å²) in [5, 5.41) is 16.0. The Bertz CT molecular complexity index is 492. The Morgan fingerprint density at radius 2 is 2.00 bits per heavy atom. The first-order valence-corrected chi connectivity index (χ1v) is 9.95. The molecule has 2 aliphatic carbocycles. The van der Waals surface area contributed by atoms with Crippen molar-refractivity contribution < 1.29 is 9.53 Å². The minimum atomic E-state index is -0.661. The smallest absolute Gasteiger partial charge is 0.238 e. The molecule has 0 radical (unpaired) electrons. The van der Waals surface area contributed by atoms with Crippen LogP contribution in [0.25, 0.3) is 0 Å². The summed E-state index contributed by atoms with van der Waals surface area (Å²) >= 11 is 0. The van der Waals surface area contributed by atoms with E-state index in [4.69, 9.17) is 4.74 Å². The summed E-state index contributed by atoms with van der Waals surface area (Å²) in [4.78, 5) is 12.6. The van der Waals surface area contributed by atoms with Gasteiger partial charge in [0.15, 0.2) is 0 Å². The molecule has 0 spiro atoms. The molecule has 1 amide bonds. The van der Waals surface area contributed by atoms with Crippen LogP contribution in [0.4, 0.5) is 0 Å². The maximum Gasteiger partial charge on any atom is 0.238 e. The molecule has 25 heavy (non-hydrogen) atoms. The lowest BCUT2D eigenvalue weighted by Crippen LogP contribution is -2.65. The highest BCUT2D eigenvalue weighted by atomic mass is 16.5. The van der Waals surface area contributed by atoms with Gasteiger partial charge in [0, 0.05) is 18.1 Å². The highest BCUT2D eigenvalue weighted by Gasteiger charge is 2.49. The second kappa shape index (κ2) is 8.51. The zero-order valence-corrected chi connectivity index (χ0v) is 16.4. The van der Waals surface area contributed by atoms with Crippen molar-refractivity contribution >= 4 is 5.91 Å². The summed E-state index contributed by atoms with van der Waals surface area (Å²) in [6, 6.07) is 2.33. The van der Waals surface area contributed by atoms with E-state index >= 15 is 0 Å². The van der Waals surface area contributed by atoms with E-state index in [2.05, 4.69) is 37.5 Å². The highest BCUT2D eigenvalue weighted by Crippen LogP contribution is 2.43. The number of ether oxygens (including phenoxy) is 1. The van der Waals surface area contributed by atoms with Gasteiger partial charge in [-0.3, -0.25) is 4.79 Å². The Hall–Kier alpha value is -1.12. The minimum Gasteiger partial charge on any atom is -0.378 e. The summed E-state index contributed by atoms with van der Waals surface area (Å²) in [7, 11) is 0. The van der Waals surface area contributed by atoms with Gasteiger partial charge in [0.05, 0.1) is 18.2 Å². The fourth-order valence-corrected chi connectivity index (χ4v) is 3.96. The number of amides is 1. The van der Waals surface area contributed by atoms with Gasteiger partial charge in [0.25, 0.3) is 0 Å². The zero-order chi connectivity index (χ0) is 18.5. The van der Waals surface area contributed by atoms with Crippen molar-refractivity contribution in [3.8, 4) is 6.07 Å². The molecule has 2 saturated carbocycles. The zero-order valence-electron chi connectivity index (χ0n) is 16.4. The highest BCUT2D eigenvalue weighted by molar-refractivity contribution is 5.82. The molecule has 0 saturated heterocycles. The average molecular weight is 350 g/mol. The normalized spacial score (nSPS) is 28.4. The fraction of sp³-hybridized carbons (Fsp3) is 0.900. The summed E-state index contributed by atoms with van der Waals surface area (Å²) in [6.07, 6.45) is 8.17. The molecule has 3 atom stereocenters. The first-order valence-electron chi connectivity index (χ1n) is 9.95. The summed E-state index contributed by atoms with van der Waals surface area (Å²) < 4.78 is 5.98. The number of nitriles is 1. The van der Waals surface area contributed by atoms with Gasteiger partial charge in [0.2, 0.25) is 5.91 Å². The van der Waals surface area contributed by atoms with Gasteiger partial charge < -0.3 is 15.4 Å². The third kappa shape index (κ3) is 4.74. The van der Waals surface area contributed by atoms with Crippen molar-refractivity contribution in [1.29, 1.82) is 5.26 Å². The second-order valence-corrected chi connectivity index (χ2v) is 8.45. The lowest BCUT2D eigenvalue weighted by molar-refractivity contribution is -0.132. The Morgan fingerprint density at radius 3 is 2.56 bits per heavy atom. The second-order valence-electron chi connectivity index (χ2n) is 8.45. The molecule has 0 aromatic heterocycles. The Morgan fingerprint density at radius 1 is 1.32 bits per heavy atom. The maximum atomic E-state index is 12.6.